The van der Waals surface area contributed by atoms with Gasteiger partial charge in [-0.25, -0.2) is 0 Å². The SMILES string of the molecule is COc1ccc(Cl)cc1C(O)c1ccc2c(c1)CCO2. The molecule has 20 heavy (non-hydrogen) atoms. The number of methoxy groups -OCH3 is 1. The summed E-state index contributed by atoms with van der Waals surface area (Å²) in [7, 11) is 1.58. The number of aliphatic hydroxyl groups excluding tert-OH is 1. The van der Waals surface area contributed by atoms with Crippen LogP contribution in [0.3, 0.4) is 0 Å². The smallest absolute Gasteiger partial charge is 0.125 e. The number of benzene rings is 2. The number of halogens is 1. The van der Waals surface area contributed by atoms with Gasteiger partial charge in [-0.05, 0) is 41.5 Å². The zero-order chi connectivity index (χ0) is 14.1. The molecule has 2 aromatic carbocycles. The first-order valence-electron chi connectivity index (χ1n) is 6.46. The highest BCUT2D eigenvalue weighted by Crippen LogP contribution is 2.35. The largest absolute Gasteiger partial charge is 0.496 e. The zero-order valence-electron chi connectivity index (χ0n) is 11.1. The first-order valence-corrected chi connectivity index (χ1v) is 6.84. The molecule has 1 aliphatic rings. The van der Waals surface area contributed by atoms with Crippen molar-refractivity contribution in [1.82, 2.24) is 0 Å². The highest BCUT2D eigenvalue weighted by molar-refractivity contribution is 6.30. The molecule has 0 saturated carbocycles. The average Bonchev–Trinajstić information content (AvgIpc) is 2.93. The molecule has 0 fully saturated rings. The molecule has 1 heterocycles. The van der Waals surface area contributed by atoms with Crippen LogP contribution < -0.4 is 9.47 Å². The summed E-state index contributed by atoms with van der Waals surface area (Å²) < 4.78 is 10.8. The van der Waals surface area contributed by atoms with Crippen LogP contribution in [0.5, 0.6) is 11.5 Å². The lowest BCUT2D eigenvalue weighted by Crippen LogP contribution is -2.03. The predicted octanol–water partition coefficient (Wildman–Crippen LogP) is 3.37. The molecule has 4 heteroatoms. The van der Waals surface area contributed by atoms with Gasteiger partial charge in [0.25, 0.3) is 0 Å². The lowest BCUT2D eigenvalue weighted by molar-refractivity contribution is 0.214. The first kappa shape index (κ1) is 13.3. The van der Waals surface area contributed by atoms with Crippen LogP contribution in [0.2, 0.25) is 5.02 Å². The van der Waals surface area contributed by atoms with Gasteiger partial charge in [-0.1, -0.05) is 17.7 Å². The van der Waals surface area contributed by atoms with E-state index in [4.69, 9.17) is 21.1 Å². The Kier molecular flexibility index (Phi) is 3.55. The van der Waals surface area contributed by atoms with Gasteiger partial charge in [0.1, 0.15) is 17.6 Å². The summed E-state index contributed by atoms with van der Waals surface area (Å²) in [4.78, 5) is 0. The molecule has 104 valence electrons. The molecule has 0 aliphatic carbocycles. The number of hydrogen-bond donors (Lipinski definition) is 1. The van der Waals surface area contributed by atoms with E-state index in [0.717, 1.165) is 23.3 Å². The van der Waals surface area contributed by atoms with Gasteiger partial charge in [-0.15, -0.1) is 0 Å². The van der Waals surface area contributed by atoms with Crippen LogP contribution in [0, 0.1) is 0 Å². The Hall–Kier alpha value is -1.71. The minimum atomic E-state index is -0.769. The Morgan fingerprint density at radius 2 is 2.10 bits per heavy atom. The zero-order valence-corrected chi connectivity index (χ0v) is 11.9. The molecule has 1 N–H and O–H groups in total. The second kappa shape index (κ2) is 5.35. The van der Waals surface area contributed by atoms with E-state index in [-0.39, 0.29) is 0 Å². The maximum atomic E-state index is 10.6. The van der Waals surface area contributed by atoms with E-state index in [1.54, 1.807) is 25.3 Å². The number of fused-ring (bicyclic) bond motifs is 1. The van der Waals surface area contributed by atoms with Crippen LogP contribution in [-0.4, -0.2) is 18.8 Å². The van der Waals surface area contributed by atoms with Crippen molar-refractivity contribution in [3.05, 3.63) is 58.1 Å². The van der Waals surface area contributed by atoms with Gasteiger partial charge in [0.05, 0.1) is 13.7 Å². The fraction of sp³-hybridized carbons (Fsp3) is 0.250. The molecule has 0 amide bonds. The Balaban J connectivity index is 2.00. The molecule has 0 aromatic heterocycles. The second-order valence-electron chi connectivity index (χ2n) is 4.75. The van der Waals surface area contributed by atoms with Gasteiger partial charge in [0, 0.05) is 17.0 Å². The van der Waals surface area contributed by atoms with E-state index in [0.29, 0.717) is 22.9 Å². The lowest BCUT2D eigenvalue weighted by Gasteiger charge is -2.16. The van der Waals surface area contributed by atoms with Gasteiger partial charge < -0.3 is 14.6 Å². The van der Waals surface area contributed by atoms with Crippen LogP contribution in [-0.2, 0) is 6.42 Å². The molecular formula is C16H15ClO3. The molecule has 0 radical (unpaired) electrons. The van der Waals surface area contributed by atoms with Gasteiger partial charge in [0.15, 0.2) is 0 Å². The van der Waals surface area contributed by atoms with Gasteiger partial charge in [0.2, 0.25) is 0 Å². The molecule has 1 unspecified atom stereocenters. The van der Waals surface area contributed by atoms with Crippen molar-refractivity contribution >= 4 is 11.6 Å². The summed E-state index contributed by atoms with van der Waals surface area (Å²) in [6.45, 7) is 0.704. The maximum Gasteiger partial charge on any atom is 0.125 e. The highest BCUT2D eigenvalue weighted by Gasteiger charge is 2.19. The highest BCUT2D eigenvalue weighted by atomic mass is 35.5. The first-order chi connectivity index (χ1) is 9.69. The van der Waals surface area contributed by atoms with Crippen molar-refractivity contribution in [3.63, 3.8) is 0 Å². The van der Waals surface area contributed by atoms with Crippen LogP contribution in [0.15, 0.2) is 36.4 Å². The molecule has 1 aliphatic heterocycles. The van der Waals surface area contributed by atoms with Crippen molar-refractivity contribution in [2.75, 3.05) is 13.7 Å². The third-order valence-electron chi connectivity index (χ3n) is 3.52. The van der Waals surface area contributed by atoms with Crippen LogP contribution in [0.1, 0.15) is 22.8 Å². The Morgan fingerprint density at radius 3 is 2.90 bits per heavy atom. The Morgan fingerprint density at radius 1 is 1.25 bits per heavy atom. The number of aliphatic hydroxyl groups is 1. The minimum Gasteiger partial charge on any atom is -0.496 e. The van der Waals surface area contributed by atoms with E-state index >= 15 is 0 Å². The van der Waals surface area contributed by atoms with E-state index < -0.39 is 6.10 Å². The van der Waals surface area contributed by atoms with Crippen LogP contribution in [0.25, 0.3) is 0 Å². The molecular weight excluding hydrogens is 276 g/mol. The van der Waals surface area contributed by atoms with E-state index in [1.165, 1.54) is 0 Å². The molecule has 2 aromatic rings. The monoisotopic (exact) mass is 290 g/mol. The summed E-state index contributed by atoms with van der Waals surface area (Å²) in [6, 6.07) is 11.0. The minimum absolute atomic E-state index is 0.573. The predicted molar refractivity (Wildman–Crippen MR) is 77.7 cm³/mol. The fourth-order valence-electron chi connectivity index (χ4n) is 2.48. The van der Waals surface area contributed by atoms with E-state index in [2.05, 4.69) is 0 Å². The quantitative estimate of drug-likeness (QED) is 0.942. The number of hydrogen-bond acceptors (Lipinski definition) is 3. The van der Waals surface area contributed by atoms with Crippen molar-refractivity contribution in [3.8, 4) is 11.5 Å². The topological polar surface area (TPSA) is 38.7 Å². The standard InChI is InChI=1S/C16H15ClO3/c1-19-15-5-3-12(17)9-13(15)16(18)11-2-4-14-10(8-11)6-7-20-14/h2-5,8-9,16,18H,6-7H2,1H3. The second-order valence-corrected chi connectivity index (χ2v) is 5.19. The normalized spacial score (nSPS) is 14.6. The Labute approximate surface area is 122 Å². The third-order valence-corrected chi connectivity index (χ3v) is 3.75. The molecule has 0 spiro atoms. The van der Waals surface area contributed by atoms with Crippen LogP contribution in [0.4, 0.5) is 0 Å². The molecule has 3 nitrogen and oxygen atoms in total. The maximum absolute atomic E-state index is 10.6. The average molecular weight is 291 g/mol. The molecule has 3 rings (SSSR count). The van der Waals surface area contributed by atoms with Gasteiger partial charge in [-0.2, -0.15) is 0 Å². The summed E-state index contributed by atoms with van der Waals surface area (Å²) >= 11 is 6.01. The molecule has 0 saturated heterocycles. The summed E-state index contributed by atoms with van der Waals surface area (Å²) in [5.41, 5.74) is 2.61. The summed E-state index contributed by atoms with van der Waals surface area (Å²) in [6.07, 6.45) is 0.109. The third kappa shape index (κ3) is 2.35. The van der Waals surface area contributed by atoms with E-state index in [9.17, 15) is 5.11 Å². The van der Waals surface area contributed by atoms with Crippen molar-refractivity contribution in [2.24, 2.45) is 0 Å². The number of ether oxygens (including phenoxy) is 2. The van der Waals surface area contributed by atoms with Gasteiger partial charge >= 0.3 is 0 Å². The Bertz CT molecular complexity index is 640. The number of rotatable bonds is 3. The summed E-state index contributed by atoms with van der Waals surface area (Å²) in [5, 5.41) is 11.2. The van der Waals surface area contributed by atoms with Gasteiger partial charge in [-0.3, -0.25) is 0 Å². The molecule has 0 bridgehead atoms. The molecule has 1 atom stereocenters. The van der Waals surface area contributed by atoms with Crippen molar-refractivity contribution in [1.29, 1.82) is 0 Å². The fourth-order valence-corrected chi connectivity index (χ4v) is 2.66. The lowest BCUT2D eigenvalue weighted by atomic mass is 9.98. The summed E-state index contributed by atoms with van der Waals surface area (Å²) in [5.74, 6) is 1.53. The van der Waals surface area contributed by atoms with Crippen LogP contribution >= 0.6 is 11.6 Å². The van der Waals surface area contributed by atoms with E-state index in [1.807, 2.05) is 18.2 Å². The van der Waals surface area contributed by atoms with Crippen molar-refractivity contribution < 1.29 is 14.6 Å². The van der Waals surface area contributed by atoms with Crippen molar-refractivity contribution in [2.45, 2.75) is 12.5 Å².